The fourth-order valence-corrected chi connectivity index (χ4v) is 23.7. The second-order valence-electron chi connectivity index (χ2n) is 36.3. The van der Waals surface area contributed by atoms with Gasteiger partial charge in [0, 0.05) is 114 Å². The molecule has 0 saturated carbocycles. The molecule has 8 heteroatoms. The van der Waals surface area contributed by atoms with Crippen LogP contribution in [0.2, 0.25) is 0 Å². The second-order valence-corrected chi connectivity index (χ2v) is 36.3. The van der Waals surface area contributed by atoms with Crippen LogP contribution in [0.5, 0.6) is 0 Å². The molecule has 0 radical (unpaired) electrons. The van der Waals surface area contributed by atoms with Crippen molar-refractivity contribution in [3.63, 3.8) is 0 Å². The Morgan fingerprint density at radius 3 is 1.07 bits per heavy atom. The number of rotatable bonds is 7. The van der Waals surface area contributed by atoms with Crippen molar-refractivity contribution in [1.82, 2.24) is 22.7 Å². The Bertz CT molecular complexity index is 10600. The van der Waals surface area contributed by atoms with Crippen molar-refractivity contribution in [3.8, 4) is 78.4 Å². The minimum Gasteiger partial charge on any atom is -0.456 e. The van der Waals surface area contributed by atoms with E-state index in [9.17, 15) is 0 Å². The van der Waals surface area contributed by atoms with Crippen LogP contribution in [0.25, 0.3) is 291 Å². The van der Waals surface area contributed by atoms with E-state index in [1.54, 1.807) is 0 Å². The van der Waals surface area contributed by atoms with Gasteiger partial charge in [-0.3, -0.25) is 0 Å². The molecule has 32 rings (SSSR count). The highest BCUT2D eigenvalue weighted by atomic mass is 16.3. The van der Waals surface area contributed by atoms with Crippen molar-refractivity contribution in [2.45, 2.75) is 0 Å². The van der Waals surface area contributed by atoms with Crippen molar-refractivity contribution in [2.75, 3.05) is 0 Å². The van der Waals surface area contributed by atoms with Crippen LogP contribution in [0.3, 0.4) is 0 Å². The minimum atomic E-state index is 0.907. The first kappa shape index (κ1) is 74.5. The van der Waals surface area contributed by atoms with E-state index in [4.69, 9.17) is 13.3 Å². The molecule has 9 heterocycles. The number of benzene rings is 22. The van der Waals surface area contributed by atoms with Crippen LogP contribution in [-0.4, -0.2) is 22.7 Å². The van der Waals surface area contributed by atoms with Crippen molar-refractivity contribution in [1.29, 1.82) is 0 Å². The summed E-state index contributed by atoms with van der Waals surface area (Å²) in [6, 6.07) is 165. The first-order valence-corrected chi connectivity index (χ1v) is 46.7. The van der Waals surface area contributed by atoms with Gasteiger partial charge in [-0.2, -0.15) is 0 Å². The van der Waals surface area contributed by atoms with E-state index >= 15 is 0 Å². The lowest BCUT2D eigenvalue weighted by atomic mass is 9.93. The van der Waals surface area contributed by atoms with Crippen LogP contribution in [0.1, 0.15) is 0 Å². The monoisotopic (exact) mass is 1730 g/mol. The largest absolute Gasteiger partial charge is 0.456 e. The van der Waals surface area contributed by atoms with Crippen LogP contribution >= 0.6 is 0 Å². The zero-order valence-electron chi connectivity index (χ0n) is 73.3. The van der Waals surface area contributed by atoms with Crippen molar-refractivity contribution in [2.24, 2.45) is 0 Å². The summed E-state index contributed by atoms with van der Waals surface area (Å²) >= 11 is 0. The highest BCUT2D eigenvalue weighted by Crippen LogP contribution is 2.53. The van der Waals surface area contributed by atoms with E-state index in [2.05, 4.69) is 441 Å². The molecule has 22 aromatic carbocycles. The quantitative estimate of drug-likeness (QED) is 0.160. The van der Waals surface area contributed by atoms with Crippen molar-refractivity contribution >= 4 is 213 Å². The number of furan rings is 3. The summed E-state index contributed by atoms with van der Waals surface area (Å²) in [4.78, 5) is 0. The summed E-state index contributed by atoms with van der Waals surface area (Å²) in [5, 5.41) is 27.5. The predicted molar refractivity (Wildman–Crippen MR) is 569 cm³/mol. The molecule has 1 aliphatic rings. The molecule has 0 saturated heterocycles. The predicted octanol–water partition coefficient (Wildman–Crippen LogP) is 35.3. The first-order valence-electron chi connectivity index (χ1n) is 46.7. The average molecular weight is 1730 g/mol. The lowest BCUT2D eigenvalue weighted by molar-refractivity contribution is 0.668. The molecule has 0 spiro atoms. The van der Waals surface area contributed by atoms with Crippen LogP contribution in [-0.2, 0) is 0 Å². The van der Waals surface area contributed by atoms with Gasteiger partial charge in [0.1, 0.15) is 33.5 Å². The Morgan fingerprint density at radius 2 is 0.493 bits per heavy atom. The van der Waals surface area contributed by atoms with Gasteiger partial charge in [-0.05, 0) is 228 Å². The third-order valence-corrected chi connectivity index (χ3v) is 29.2. The number of hydrogen-bond acceptors (Lipinski definition) is 3. The summed E-state index contributed by atoms with van der Waals surface area (Å²) in [6.45, 7) is 0. The highest BCUT2D eigenvalue weighted by molar-refractivity contribution is 6.35. The molecule has 0 fully saturated rings. The molecule has 136 heavy (non-hydrogen) atoms. The van der Waals surface area contributed by atoms with E-state index in [0.717, 1.165) is 94.1 Å². The first-order chi connectivity index (χ1) is 67.5. The Hall–Kier alpha value is -18.2. The summed E-state index contributed by atoms with van der Waals surface area (Å²) in [6.07, 6.45) is 0. The van der Waals surface area contributed by atoms with Crippen molar-refractivity contribution in [3.05, 3.63) is 455 Å². The summed E-state index contributed by atoms with van der Waals surface area (Å²) < 4.78 is 31.0. The van der Waals surface area contributed by atoms with Gasteiger partial charge in [0.2, 0.25) is 0 Å². The molecule has 0 amide bonds. The van der Waals surface area contributed by atoms with E-state index < -0.39 is 0 Å². The van der Waals surface area contributed by atoms with Gasteiger partial charge in [-0.15, -0.1) is 0 Å². The van der Waals surface area contributed by atoms with Gasteiger partial charge in [0.15, 0.2) is 0 Å². The van der Waals surface area contributed by atoms with Crippen LogP contribution < -0.4 is 0 Å². The maximum Gasteiger partial charge on any atom is 0.136 e. The normalized spacial score (nSPS) is 12.3. The fraction of sp³-hybridized carbons (Fsp3) is 0. The molecule has 0 aliphatic heterocycles. The van der Waals surface area contributed by atoms with Crippen LogP contribution in [0.4, 0.5) is 0 Å². The Kier molecular flexibility index (Phi) is 15.7. The summed E-state index contributed by atoms with van der Waals surface area (Å²) in [5.41, 5.74) is 35.7. The summed E-state index contributed by atoms with van der Waals surface area (Å²) in [7, 11) is 0. The molecule has 0 N–H and O–H groups in total. The maximum atomic E-state index is 6.27. The lowest BCUT2D eigenvalue weighted by Gasteiger charge is -2.14. The summed E-state index contributed by atoms with van der Waals surface area (Å²) in [5.74, 6) is 0. The zero-order valence-corrected chi connectivity index (χ0v) is 73.3. The molecule has 0 bridgehead atoms. The number of hydrogen-bond donors (Lipinski definition) is 0. The van der Waals surface area contributed by atoms with Gasteiger partial charge in [0.05, 0.1) is 60.7 Å². The molecular formula is C128H75N5O3. The maximum absolute atomic E-state index is 6.27. The van der Waals surface area contributed by atoms with Crippen LogP contribution in [0.15, 0.2) is 468 Å². The van der Waals surface area contributed by atoms with E-state index in [-0.39, 0.29) is 0 Å². The fourth-order valence-electron chi connectivity index (χ4n) is 23.7. The van der Waals surface area contributed by atoms with Crippen LogP contribution in [0, 0.1) is 0 Å². The zero-order chi connectivity index (χ0) is 88.6. The number of para-hydroxylation sites is 7. The number of fused-ring (bicyclic) bond motifs is 26. The SMILES string of the molecule is c1cc(-c2cccc3oc4ccccc4c23)cc(-n2c3cccc4c3c3c5c(cccc5ccc32)-c2ccccc2-4)c1.c1cc(-c2cccc3oc4ccccc4c23)cc(-n2c3cccc4c5ccccc5n5c6ccccc6c6ccc2c(c43)c65)c1.c1ccc(-n2c3cc4c(cc3c3c5ccccc5ccc32)c2ccccc2n4-c2cccc(-c3cccc4oc5ccccc5c34)c2)cc1. The van der Waals surface area contributed by atoms with E-state index in [0.29, 0.717) is 0 Å². The molecular weight excluding hydrogens is 1660 g/mol. The van der Waals surface area contributed by atoms with Gasteiger partial charge in [-0.25, -0.2) is 0 Å². The number of nitrogens with zero attached hydrogens (tertiary/aromatic N) is 5. The molecule has 1 aliphatic carbocycles. The second kappa shape index (κ2) is 28.6. The smallest absolute Gasteiger partial charge is 0.136 e. The molecule has 9 aromatic heterocycles. The molecule has 8 nitrogen and oxygen atoms in total. The van der Waals surface area contributed by atoms with E-state index in [1.807, 2.05) is 36.4 Å². The molecule has 630 valence electrons. The third-order valence-electron chi connectivity index (χ3n) is 29.2. The minimum absolute atomic E-state index is 0.907. The lowest BCUT2D eigenvalue weighted by Crippen LogP contribution is -1.96. The van der Waals surface area contributed by atoms with Crippen molar-refractivity contribution < 1.29 is 13.3 Å². The Morgan fingerprint density at radius 1 is 0.140 bits per heavy atom. The average Bonchev–Trinajstić information content (AvgIpc) is 1.53. The van der Waals surface area contributed by atoms with Gasteiger partial charge >= 0.3 is 0 Å². The topological polar surface area (TPSA) is 63.5 Å². The standard InChI is InChI=1S/C46H28N2O.C42H24N2O.C40H23NO/c1-2-14-31(15-3-1)47-40-25-24-29-12-4-5-17-33(29)45(40)38-27-37-35-18-6-8-21-39(35)48(41(37)28-42(38)47)32-16-10-13-30(26-32)34-20-11-23-44-46(34)36-19-7-9-22-43(36)49-44;1-4-17-33-28(12-1)30-16-8-19-35-40(30)41-36(23-22-31-29-13-2-5-18-34(29)44(33)42(31)41)43(35)26-11-7-10-25(24-26)27-15-9-21-38-39(27)32-14-3-6-20-37(32)45-38;1-2-13-29-28(12-1)30-16-6-9-24-21-22-34-40(37(24)30)39-31(29)17-7-18-33(39)41(34)26-11-5-10-25(23-26)27-15-8-20-36-38(27)32-14-3-4-19-35(32)42-36/h1-28H;1-24H;1-23H. The third kappa shape index (κ3) is 10.6. The highest BCUT2D eigenvalue weighted by Gasteiger charge is 2.29. The Balaban J connectivity index is 0.0000000971. The molecule has 31 aromatic rings. The van der Waals surface area contributed by atoms with Gasteiger partial charge < -0.3 is 35.9 Å². The van der Waals surface area contributed by atoms with E-state index in [1.165, 1.54) is 197 Å². The number of aromatic nitrogens is 5. The molecule has 0 unspecified atom stereocenters. The Labute approximate surface area is 776 Å². The molecule has 0 atom stereocenters. The van der Waals surface area contributed by atoms with Gasteiger partial charge in [-0.1, -0.05) is 309 Å². The van der Waals surface area contributed by atoms with Gasteiger partial charge in [0.25, 0.3) is 0 Å².